The van der Waals surface area contributed by atoms with Gasteiger partial charge in [0.2, 0.25) is 0 Å². The fraction of sp³-hybridized carbons (Fsp3) is 0.143. The Bertz CT molecular complexity index is 307. The van der Waals surface area contributed by atoms with Crippen molar-refractivity contribution in [2.45, 2.75) is 6.43 Å². The lowest BCUT2D eigenvalue weighted by Crippen LogP contribution is -2.33. The van der Waals surface area contributed by atoms with Crippen molar-refractivity contribution in [2.24, 2.45) is 0 Å². The van der Waals surface area contributed by atoms with Crippen LogP contribution in [-0.4, -0.2) is 17.2 Å². The van der Waals surface area contributed by atoms with E-state index in [1.807, 2.05) is 0 Å². The van der Waals surface area contributed by atoms with Crippen molar-refractivity contribution in [1.29, 1.82) is 0 Å². The summed E-state index contributed by atoms with van der Waals surface area (Å²) in [6, 6.07) is 3.45. The second kappa shape index (κ2) is 4.04. The molecule has 2 N–H and O–H groups in total. The van der Waals surface area contributed by atoms with Gasteiger partial charge < -0.3 is 10.0 Å². The van der Waals surface area contributed by atoms with Gasteiger partial charge in [0.15, 0.2) is 0 Å². The molecule has 0 aliphatic carbocycles. The molecule has 0 unspecified atom stereocenters. The van der Waals surface area contributed by atoms with E-state index in [0.29, 0.717) is 0 Å². The number of rotatable bonds is 2. The zero-order chi connectivity index (χ0) is 10.0. The Balaban J connectivity index is 3.19. The molecule has 0 fully saturated rings. The number of alkyl halides is 2. The Hall–Kier alpha value is -0.645. The normalized spacial score (nSPS) is 10.6. The van der Waals surface area contributed by atoms with E-state index >= 15 is 0 Å². The topological polar surface area (TPSA) is 40.5 Å². The third-order valence-corrected chi connectivity index (χ3v) is 1.80. The minimum Gasteiger partial charge on any atom is -0.423 e. The van der Waals surface area contributed by atoms with Gasteiger partial charge in [-0.15, -0.1) is 0 Å². The molecule has 1 rings (SSSR count). The first-order chi connectivity index (χ1) is 6.02. The molecule has 0 amide bonds. The van der Waals surface area contributed by atoms with Crippen LogP contribution in [0.4, 0.5) is 8.78 Å². The maximum absolute atomic E-state index is 12.3. The smallest absolute Gasteiger partial charge is 0.423 e. The molecule has 13 heavy (non-hydrogen) atoms. The van der Waals surface area contributed by atoms with E-state index in [1.54, 1.807) is 0 Å². The summed E-state index contributed by atoms with van der Waals surface area (Å²) in [6.45, 7) is 0. The van der Waals surface area contributed by atoms with E-state index in [0.717, 1.165) is 12.1 Å². The SMILES string of the molecule is OB(O)c1cc(Cl)ccc1C(F)F. The molecule has 1 aromatic carbocycles. The van der Waals surface area contributed by atoms with Gasteiger partial charge >= 0.3 is 7.12 Å². The average Bonchev–Trinajstić information content (AvgIpc) is 2.03. The molecule has 0 atom stereocenters. The van der Waals surface area contributed by atoms with Crippen LogP contribution < -0.4 is 5.46 Å². The molecule has 1 aromatic rings. The summed E-state index contributed by atoms with van der Waals surface area (Å²) in [7, 11) is -1.93. The minimum atomic E-state index is -2.74. The number of hydrogen-bond acceptors (Lipinski definition) is 2. The molecule has 0 aliphatic rings. The largest absolute Gasteiger partial charge is 0.488 e. The summed E-state index contributed by atoms with van der Waals surface area (Å²) >= 11 is 5.50. The van der Waals surface area contributed by atoms with Crippen molar-refractivity contribution in [1.82, 2.24) is 0 Å². The van der Waals surface area contributed by atoms with Crippen LogP contribution in [-0.2, 0) is 0 Å². The number of benzene rings is 1. The molecule has 0 saturated heterocycles. The molecule has 0 saturated carbocycles. The van der Waals surface area contributed by atoms with Crippen molar-refractivity contribution in [3.63, 3.8) is 0 Å². The van der Waals surface area contributed by atoms with Gasteiger partial charge in [-0.05, 0) is 17.6 Å². The van der Waals surface area contributed by atoms with Crippen molar-refractivity contribution in [2.75, 3.05) is 0 Å². The molecular weight excluding hydrogens is 200 g/mol. The highest BCUT2D eigenvalue weighted by molar-refractivity contribution is 6.59. The minimum absolute atomic E-state index is 0.188. The maximum Gasteiger partial charge on any atom is 0.488 e. The van der Waals surface area contributed by atoms with Crippen LogP contribution in [0, 0.1) is 0 Å². The highest BCUT2D eigenvalue weighted by Gasteiger charge is 2.21. The van der Waals surface area contributed by atoms with Gasteiger partial charge in [-0.2, -0.15) is 0 Å². The number of halogens is 3. The van der Waals surface area contributed by atoms with Crippen LogP contribution in [0.3, 0.4) is 0 Å². The van der Waals surface area contributed by atoms with Crippen LogP contribution >= 0.6 is 11.6 Å². The van der Waals surface area contributed by atoms with E-state index in [-0.39, 0.29) is 10.5 Å². The van der Waals surface area contributed by atoms with Gasteiger partial charge in [-0.25, -0.2) is 8.78 Å². The van der Waals surface area contributed by atoms with Gasteiger partial charge in [0, 0.05) is 10.6 Å². The predicted molar refractivity (Wildman–Crippen MR) is 46.2 cm³/mol. The lowest BCUT2D eigenvalue weighted by molar-refractivity contribution is 0.152. The van der Waals surface area contributed by atoms with Gasteiger partial charge in [0.05, 0.1) is 0 Å². The third kappa shape index (κ3) is 2.40. The molecule has 2 nitrogen and oxygen atoms in total. The van der Waals surface area contributed by atoms with Crippen LogP contribution in [0.5, 0.6) is 0 Å². The second-order valence-corrected chi connectivity index (χ2v) is 2.88. The molecule has 70 valence electrons. The fourth-order valence-corrected chi connectivity index (χ4v) is 1.15. The Morgan fingerprint density at radius 1 is 1.31 bits per heavy atom. The summed E-state index contributed by atoms with van der Waals surface area (Å²) < 4.78 is 24.5. The van der Waals surface area contributed by atoms with Gasteiger partial charge in [0.25, 0.3) is 6.43 Å². The molecule has 0 aromatic heterocycles. The van der Waals surface area contributed by atoms with Crippen molar-refractivity contribution in [3.8, 4) is 0 Å². The summed E-state index contributed by atoms with van der Waals surface area (Å²) in [6.07, 6.45) is -2.74. The molecule has 0 radical (unpaired) electrons. The summed E-state index contributed by atoms with van der Waals surface area (Å²) in [4.78, 5) is 0. The summed E-state index contributed by atoms with van der Waals surface area (Å²) in [5, 5.41) is 17.7. The van der Waals surface area contributed by atoms with Crippen molar-refractivity contribution in [3.05, 3.63) is 28.8 Å². The first-order valence-electron chi connectivity index (χ1n) is 3.46. The highest BCUT2D eigenvalue weighted by atomic mass is 35.5. The van der Waals surface area contributed by atoms with Gasteiger partial charge in [-0.1, -0.05) is 17.7 Å². The third-order valence-electron chi connectivity index (χ3n) is 1.56. The Morgan fingerprint density at radius 3 is 2.38 bits per heavy atom. The molecule has 0 aliphatic heterocycles. The average molecular weight is 206 g/mol. The quantitative estimate of drug-likeness (QED) is 0.708. The Kier molecular flexibility index (Phi) is 3.25. The zero-order valence-electron chi connectivity index (χ0n) is 6.42. The van der Waals surface area contributed by atoms with Crippen molar-refractivity contribution < 1.29 is 18.8 Å². The van der Waals surface area contributed by atoms with E-state index in [2.05, 4.69) is 0 Å². The maximum atomic E-state index is 12.3. The monoisotopic (exact) mass is 206 g/mol. The number of hydrogen-bond donors (Lipinski definition) is 2. The second-order valence-electron chi connectivity index (χ2n) is 2.45. The van der Waals surface area contributed by atoms with Gasteiger partial charge in [0.1, 0.15) is 0 Å². The van der Waals surface area contributed by atoms with Crippen LogP contribution in [0.1, 0.15) is 12.0 Å². The summed E-state index contributed by atoms with van der Waals surface area (Å²) in [5.41, 5.74) is -0.679. The Labute approximate surface area is 78.9 Å². The van der Waals surface area contributed by atoms with Crippen LogP contribution in [0.2, 0.25) is 5.02 Å². The van der Waals surface area contributed by atoms with Gasteiger partial charge in [-0.3, -0.25) is 0 Å². The lowest BCUT2D eigenvalue weighted by Gasteiger charge is -2.07. The molecule has 6 heteroatoms. The van der Waals surface area contributed by atoms with Crippen LogP contribution in [0.15, 0.2) is 18.2 Å². The van der Waals surface area contributed by atoms with Crippen LogP contribution in [0.25, 0.3) is 0 Å². The highest BCUT2D eigenvalue weighted by Crippen LogP contribution is 2.19. The fourth-order valence-electron chi connectivity index (χ4n) is 0.968. The van der Waals surface area contributed by atoms with E-state index in [4.69, 9.17) is 21.6 Å². The first-order valence-corrected chi connectivity index (χ1v) is 3.84. The molecule has 0 spiro atoms. The molecule has 0 bridgehead atoms. The Morgan fingerprint density at radius 2 is 1.92 bits per heavy atom. The van der Waals surface area contributed by atoms with E-state index in [1.165, 1.54) is 6.07 Å². The predicted octanol–water partition coefficient (Wildman–Crippen LogP) is 0.957. The zero-order valence-corrected chi connectivity index (χ0v) is 7.17. The first kappa shape index (κ1) is 10.4. The standard InChI is InChI=1S/C7H6BClF2O2/c9-4-1-2-5(7(10)11)6(3-4)8(12)13/h1-3,7,12-13H. The van der Waals surface area contributed by atoms with E-state index in [9.17, 15) is 8.78 Å². The molecule has 0 heterocycles. The van der Waals surface area contributed by atoms with Crippen molar-refractivity contribution >= 4 is 24.2 Å². The van der Waals surface area contributed by atoms with E-state index < -0.39 is 19.1 Å². The lowest BCUT2D eigenvalue weighted by atomic mass is 9.77. The molecular formula is C7H6BClF2O2. The summed E-state index contributed by atoms with van der Waals surface area (Å²) in [5.74, 6) is 0.